The van der Waals surface area contributed by atoms with Gasteiger partial charge in [0.15, 0.2) is 0 Å². The van der Waals surface area contributed by atoms with Gasteiger partial charge in [-0.3, -0.25) is 0 Å². The van der Waals surface area contributed by atoms with Gasteiger partial charge >= 0.3 is 6.03 Å². The van der Waals surface area contributed by atoms with E-state index in [1.807, 2.05) is 0 Å². The van der Waals surface area contributed by atoms with E-state index in [4.69, 9.17) is 0 Å². The van der Waals surface area contributed by atoms with Crippen molar-refractivity contribution in [3.63, 3.8) is 0 Å². The van der Waals surface area contributed by atoms with Crippen molar-refractivity contribution in [2.24, 2.45) is 0 Å². The molecule has 52 valence electrons. The van der Waals surface area contributed by atoms with Crippen LogP contribution in [0.4, 0.5) is 13.8 Å². The Balaban J connectivity index is 2.52. The highest BCUT2D eigenvalue weighted by Gasteiger charge is 2.25. The molecule has 0 radical (unpaired) electrons. The summed E-state index contributed by atoms with van der Waals surface area (Å²) in [6.45, 7) is -0.00148. The SMILES string of the molecule is O=C1N(F)CCCN1F. The zero-order valence-electron chi connectivity index (χ0n) is 4.68. The maximum absolute atomic E-state index is 12.0. The molecule has 2 amide bonds. The molecular formula is C4H6F2N2O. The first-order valence-electron chi connectivity index (χ1n) is 2.62. The van der Waals surface area contributed by atoms with Crippen molar-refractivity contribution in [1.29, 1.82) is 0 Å². The van der Waals surface area contributed by atoms with Crippen LogP contribution in [-0.2, 0) is 0 Å². The average Bonchev–Trinajstić information content (AvgIpc) is 1.83. The van der Waals surface area contributed by atoms with E-state index in [0.717, 1.165) is 0 Å². The Hall–Kier alpha value is -0.870. The highest BCUT2D eigenvalue weighted by molar-refractivity contribution is 5.72. The van der Waals surface area contributed by atoms with Crippen molar-refractivity contribution in [3.05, 3.63) is 0 Å². The lowest BCUT2D eigenvalue weighted by molar-refractivity contribution is -0.0414. The summed E-state index contributed by atoms with van der Waals surface area (Å²) in [6.07, 6.45) is 0.346. The fourth-order valence-corrected chi connectivity index (χ4v) is 0.657. The fraction of sp³-hybridized carbons (Fsp3) is 0.750. The second-order valence-electron chi connectivity index (χ2n) is 1.81. The predicted octanol–water partition coefficient (Wildman–Crippen LogP) is 0.883. The molecular weight excluding hydrogens is 130 g/mol. The lowest BCUT2D eigenvalue weighted by atomic mass is 10.4. The zero-order chi connectivity index (χ0) is 6.85. The zero-order valence-corrected chi connectivity index (χ0v) is 4.68. The summed E-state index contributed by atoms with van der Waals surface area (Å²) in [5, 5.41) is -0.271. The second kappa shape index (κ2) is 2.16. The minimum absolute atomic E-state index is 0.000741. The third-order valence-corrected chi connectivity index (χ3v) is 1.12. The minimum Gasteiger partial charge on any atom is -0.243 e. The smallest absolute Gasteiger partial charge is 0.243 e. The van der Waals surface area contributed by atoms with Crippen molar-refractivity contribution in [2.75, 3.05) is 13.1 Å². The van der Waals surface area contributed by atoms with Gasteiger partial charge in [0, 0.05) is 0 Å². The molecule has 1 rings (SSSR count). The predicted molar refractivity (Wildman–Crippen MR) is 25.6 cm³/mol. The third-order valence-electron chi connectivity index (χ3n) is 1.12. The topological polar surface area (TPSA) is 23.6 Å². The van der Waals surface area contributed by atoms with Crippen LogP contribution in [0.25, 0.3) is 0 Å². The summed E-state index contributed by atoms with van der Waals surface area (Å²) in [4.78, 5) is 10.2. The van der Waals surface area contributed by atoms with Gasteiger partial charge in [0.1, 0.15) is 0 Å². The van der Waals surface area contributed by atoms with Crippen LogP contribution in [0, 0.1) is 0 Å². The van der Waals surface area contributed by atoms with Gasteiger partial charge in [-0.2, -0.15) is 10.2 Å². The van der Waals surface area contributed by atoms with E-state index in [0.29, 0.717) is 6.42 Å². The summed E-state index contributed by atoms with van der Waals surface area (Å²) in [6, 6.07) is -1.19. The average molecular weight is 136 g/mol. The number of rotatable bonds is 0. The van der Waals surface area contributed by atoms with Crippen LogP contribution in [0.1, 0.15) is 6.42 Å². The van der Waals surface area contributed by atoms with Gasteiger partial charge in [0.05, 0.1) is 13.1 Å². The number of hydrogen-bond donors (Lipinski definition) is 0. The van der Waals surface area contributed by atoms with Gasteiger partial charge in [-0.05, 0) is 6.42 Å². The summed E-state index contributed by atoms with van der Waals surface area (Å²) in [5.74, 6) is 0. The van der Waals surface area contributed by atoms with Crippen LogP contribution < -0.4 is 0 Å². The number of carbonyl (C=O) groups is 1. The molecule has 0 aromatic carbocycles. The van der Waals surface area contributed by atoms with E-state index < -0.39 is 6.03 Å². The highest BCUT2D eigenvalue weighted by Crippen LogP contribution is 2.08. The Bertz CT molecular complexity index is 118. The van der Waals surface area contributed by atoms with Gasteiger partial charge < -0.3 is 0 Å². The first-order chi connectivity index (χ1) is 4.22. The molecule has 1 fully saturated rings. The van der Waals surface area contributed by atoms with E-state index >= 15 is 0 Å². The van der Waals surface area contributed by atoms with Crippen molar-refractivity contribution in [2.45, 2.75) is 6.42 Å². The molecule has 0 aromatic rings. The number of nitrogens with zero attached hydrogens (tertiary/aromatic N) is 2. The van der Waals surface area contributed by atoms with Crippen molar-refractivity contribution in [3.8, 4) is 0 Å². The van der Waals surface area contributed by atoms with Gasteiger partial charge in [-0.25, -0.2) is 4.79 Å². The Morgan fingerprint density at radius 3 is 2.00 bits per heavy atom. The van der Waals surface area contributed by atoms with E-state index in [-0.39, 0.29) is 23.3 Å². The Labute approximate surface area is 50.7 Å². The highest BCUT2D eigenvalue weighted by atomic mass is 19.2. The monoisotopic (exact) mass is 136 g/mol. The number of halogens is 2. The fourth-order valence-electron chi connectivity index (χ4n) is 0.657. The second-order valence-corrected chi connectivity index (χ2v) is 1.81. The van der Waals surface area contributed by atoms with Crippen LogP contribution in [0.15, 0.2) is 0 Å². The Morgan fingerprint density at radius 2 is 1.67 bits per heavy atom. The van der Waals surface area contributed by atoms with Gasteiger partial charge in [0.2, 0.25) is 0 Å². The largest absolute Gasteiger partial charge is 0.376 e. The molecule has 0 bridgehead atoms. The van der Waals surface area contributed by atoms with Gasteiger partial charge in [-0.1, -0.05) is 8.96 Å². The van der Waals surface area contributed by atoms with Crippen molar-refractivity contribution in [1.82, 2.24) is 10.2 Å². The van der Waals surface area contributed by atoms with Crippen LogP contribution in [0.3, 0.4) is 0 Å². The van der Waals surface area contributed by atoms with E-state index in [1.54, 1.807) is 0 Å². The Kier molecular flexibility index (Phi) is 1.50. The summed E-state index contributed by atoms with van der Waals surface area (Å²) < 4.78 is 24.1. The van der Waals surface area contributed by atoms with Crippen LogP contribution >= 0.6 is 0 Å². The molecule has 1 heterocycles. The molecule has 3 nitrogen and oxygen atoms in total. The Morgan fingerprint density at radius 1 is 1.22 bits per heavy atom. The molecule has 0 aliphatic carbocycles. The quantitative estimate of drug-likeness (QED) is 0.453. The van der Waals surface area contributed by atoms with Crippen LogP contribution in [0.5, 0.6) is 0 Å². The number of hydrogen-bond acceptors (Lipinski definition) is 1. The van der Waals surface area contributed by atoms with Crippen LogP contribution in [0.2, 0.25) is 0 Å². The molecule has 0 spiro atoms. The molecule has 1 aliphatic heterocycles. The molecule has 1 saturated heterocycles. The maximum Gasteiger partial charge on any atom is 0.376 e. The third kappa shape index (κ3) is 1.09. The van der Waals surface area contributed by atoms with Gasteiger partial charge in [0.25, 0.3) is 0 Å². The first-order valence-corrected chi connectivity index (χ1v) is 2.62. The summed E-state index contributed by atoms with van der Waals surface area (Å²) in [7, 11) is 0. The van der Waals surface area contributed by atoms with Crippen molar-refractivity contribution < 1.29 is 13.8 Å². The molecule has 0 unspecified atom stereocenters. The number of amides is 2. The van der Waals surface area contributed by atoms with E-state index in [9.17, 15) is 13.8 Å². The summed E-state index contributed by atoms with van der Waals surface area (Å²) >= 11 is 0. The molecule has 1 aliphatic rings. The lowest BCUT2D eigenvalue weighted by Crippen LogP contribution is -2.40. The normalized spacial score (nSPS) is 20.9. The van der Waals surface area contributed by atoms with Crippen molar-refractivity contribution >= 4 is 6.03 Å². The first kappa shape index (κ1) is 6.25. The van der Waals surface area contributed by atoms with Crippen LogP contribution in [-0.4, -0.2) is 29.4 Å². The standard InChI is InChI=1S/C4H6F2N2O/c5-7-2-1-3-8(6)4(7)9/h1-3H2. The lowest BCUT2D eigenvalue weighted by Gasteiger charge is -2.22. The van der Waals surface area contributed by atoms with E-state index in [2.05, 4.69) is 0 Å². The minimum atomic E-state index is -1.19. The molecule has 0 atom stereocenters. The number of carbonyl (C=O) groups excluding carboxylic acids is 1. The molecule has 0 saturated carbocycles. The molecule has 5 heteroatoms. The van der Waals surface area contributed by atoms with Gasteiger partial charge in [-0.15, -0.1) is 0 Å². The molecule has 9 heavy (non-hydrogen) atoms. The van der Waals surface area contributed by atoms with E-state index in [1.165, 1.54) is 0 Å². The number of urea groups is 1. The maximum atomic E-state index is 12.0. The molecule has 0 aromatic heterocycles. The molecule has 0 N–H and O–H groups in total. The summed E-state index contributed by atoms with van der Waals surface area (Å²) in [5.41, 5.74) is 0.